The van der Waals surface area contributed by atoms with Crippen LogP contribution in [0.1, 0.15) is 0 Å². The number of halogens is 1. The number of ether oxygens (including phenoxy) is 1. The van der Waals surface area contributed by atoms with Gasteiger partial charge in [0.25, 0.3) is 0 Å². The van der Waals surface area contributed by atoms with Gasteiger partial charge in [0, 0.05) is 11.6 Å². The summed E-state index contributed by atoms with van der Waals surface area (Å²) in [5.74, 6) is 0.188. The third kappa shape index (κ3) is 1.97. The van der Waals surface area contributed by atoms with E-state index in [1.165, 1.54) is 6.07 Å². The molecule has 0 aliphatic heterocycles. The Kier molecular flexibility index (Phi) is 2.67. The maximum absolute atomic E-state index is 10.3. The molecule has 0 heterocycles. The zero-order chi connectivity index (χ0) is 8.97. The molecule has 12 heavy (non-hydrogen) atoms. The summed E-state index contributed by atoms with van der Waals surface area (Å²) in [4.78, 5) is 13.5. The quantitative estimate of drug-likeness (QED) is 0.493. The van der Waals surface area contributed by atoms with Gasteiger partial charge in [-0.25, -0.2) is 9.64 Å². The van der Waals surface area contributed by atoms with E-state index < -0.39 is 5.43 Å². The van der Waals surface area contributed by atoms with Crippen molar-refractivity contribution in [1.82, 2.24) is 0 Å². The lowest BCUT2D eigenvalue weighted by Gasteiger charge is -2.00. The van der Waals surface area contributed by atoms with Crippen LogP contribution in [0, 0.1) is 6.57 Å². The first-order chi connectivity index (χ1) is 5.74. The van der Waals surface area contributed by atoms with E-state index in [0.29, 0.717) is 0 Å². The molecule has 0 N–H and O–H groups in total. The summed E-state index contributed by atoms with van der Waals surface area (Å²) >= 11 is 4.98. The first kappa shape index (κ1) is 8.57. The minimum Gasteiger partial charge on any atom is -0.426 e. The Balaban J connectivity index is 2.99. The van der Waals surface area contributed by atoms with E-state index in [1.54, 1.807) is 18.2 Å². The SMILES string of the molecule is [C-]#[N+]c1ccccc1OC(=O)Cl. The van der Waals surface area contributed by atoms with Gasteiger partial charge in [0.05, 0.1) is 6.57 Å². The molecule has 60 valence electrons. The summed E-state index contributed by atoms with van der Waals surface area (Å²) in [5.41, 5.74) is -0.669. The van der Waals surface area contributed by atoms with Crippen molar-refractivity contribution in [1.29, 1.82) is 0 Å². The summed E-state index contributed by atoms with van der Waals surface area (Å²) < 4.78 is 4.55. The fraction of sp³-hybridized carbons (Fsp3) is 0. The molecule has 0 unspecified atom stereocenters. The van der Waals surface area contributed by atoms with Gasteiger partial charge in [-0.15, -0.1) is 0 Å². The van der Waals surface area contributed by atoms with Crippen LogP contribution >= 0.6 is 11.6 Å². The van der Waals surface area contributed by atoms with Gasteiger partial charge in [-0.1, -0.05) is 18.2 Å². The summed E-state index contributed by atoms with van der Waals surface area (Å²) in [6, 6.07) is 6.39. The predicted molar refractivity (Wildman–Crippen MR) is 44.6 cm³/mol. The lowest BCUT2D eigenvalue weighted by atomic mass is 10.3. The van der Waals surface area contributed by atoms with E-state index in [9.17, 15) is 4.79 Å². The van der Waals surface area contributed by atoms with Crippen molar-refractivity contribution in [3.8, 4) is 5.75 Å². The van der Waals surface area contributed by atoms with Crippen LogP contribution in [-0.4, -0.2) is 5.43 Å². The van der Waals surface area contributed by atoms with Gasteiger partial charge >= 0.3 is 5.43 Å². The predicted octanol–water partition coefficient (Wildman–Crippen LogP) is 2.97. The Bertz CT molecular complexity index is 343. The highest BCUT2D eigenvalue weighted by Crippen LogP contribution is 2.26. The molecule has 3 nitrogen and oxygen atoms in total. The van der Waals surface area contributed by atoms with Crippen LogP contribution in [0.15, 0.2) is 24.3 Å². The third-order valence-electron chi connectivity index (χ3n) is 1.18. The first-order valence-electron chi connectivity index (χ1n) is 3.08. The monoisotopic (exact) mass is 181 g/mol. The van der Waals surface area contributed by atoms with Gasteiger partial charge in [-0.05, 0) is 6.07 Å². The molecular weight excluding hydrogens is 178 g/mol. The average Bonchev–Trinajstić information content (AvgIpc) is 2.04. The number of para-hydroxylation sites is 2. The summed E-state index contributed by atoms with van der Waals surface area (Å²) in [6.07, 6.45) is 0. The minimum atomic E-state index is -0.939. The Morgan fingerprint density at radius 1 is 1.50 bits per heavy atom. The molecule has 0 aromatic heterocycles. The van der Waals surface area contributed by atoms with Crippen LogP contribution in [0.3, 0.4) is 0 Å². The van der Waals surface area contributed by atoms with Crippen molar-refractivity contribution in [2.75, 3.05) is 0 Å². The Morgan fingerprint density at radius 3 is 2.75 bits per heavy atom. The normalized spacial score (nSPS) is 8.67. The molecule has 1 aromatic carbocycles. The standard InChI is InChI=1S/C8H4ClNO2/c1-10-6-4-2-3-5-7(6)12-8(9)11/h2-5H. The molecule has 0 bridgehead atoms. The fourth-order valence-electron chi connectivity index (χ4n) is 0.722. The number of rotatable bonds is 1. The zero-order valence-corrected chi connectivity index (χ0v) is 6.71. The van der Waals surface area contributed by atoms with Gasteiger partial charge in [0.15, 0.2) is 0 Å². The van der Waals surface area contributed by atoms with E-state index in [1.807, 2.05) is 0 Å². The van der Waals surface area contributed by atoms with Gasteiger partial charge in [0.1, 0.15) is 5.75 Å². The maximum atomic E-state index is 10.3. The summed E-state index contributed by atoms with van der Waals surface area (Å²) in [5, 5.41) is 0. The van der Waals surface area contributed by atoms with Crippen LogP contribution in [0.5, 0.6) is 5.75 Å². The molecule has 0 aliphatic carbocycles. The number of carbonyl (C=O) groups excluding carboxylic acids is 1. The topological polar surface area (TPSA) is 30.7 Å². The highest BCUT2D eigenvalue weighted by Gasteiger charge is 2.04. The minimum absolute atomic E-state index is 0.188. The lowest BCUT2D eigenvalue weighted by Crippen LogP contribution is -1.95. The lowest BCUT2D eigenvalue weighted by molar-refractivity contribution is 0.226. The van der Waals surface area contributed by atoms with Gasteiger partial charge in [0.2, 0.25) is 5.69 Å². The second kappa shape index (κ2) is 3.74. The average molecular weight is 182 g/mol. The molecule has 1 aromatic rings. The molecule has 0 spiro atoms. The van der Waals surface area contributed by atoms with Crippen molar-refractivity contribution in [2.45, 2.75) is 0 Å². The van der Waals surface area contributed by atoms with Crippen LogP contribution < -0.4 is 4.74 Å². The summed E-state index contributed by atoms with van der Waals surface area (Å²) in [7, 11) is 0. The van der Waals surface area contributed by atoms with Crippen molar-refractivity contribution >= 4 is 22.7 Å². The van der Waals surface area contributed by atoms with Crippen molar-refractivity contribution in [3.63, 3.8) is 0 Å². The van der Waals surface area contributed by atoms with Crippen molar-refractivity contribution < 1.29 is 9.53 Å². The number of carbonyl (C=O) groups is 1. The highest BCUT2D eigenvalue weighted by atomic mass is 35.5. The van der Waals surface area contributed by atoms with E-state index in [0.717, 1.165) is 0 Å². The largest absolute Gasteiger partial charge is 0.426 e. The van der Waals surface area contributed by atoms with Crippen molar-refractivity contribution in [3.05, 3.63) is 35.7 Å². The van der Waals surface area contributed by atoms with E-state index in [4.69, 9.17) is 18.2 Å². The molecule has 0 amide bonds. The second-order valence-electron chi connectivity index (χ2n) is 1.92. The van der Waals surface area contributed by atoms with Crippen LogP contribution in [0.4, 0.5) is 10.5 Å². The molecule has 0 saturated carbocycles. The van der Waals surface area contributed by atoms with Crippen molar-refractivity contribution in [2.24, 2.45) is 0 Å². The van der Waals surface area contributed by atoms with Crippen LogP contribution in [-0.2, 0) is 0 Å². The molecule has 0 fully saturated rings. The molecule has 0 saturated heterocycles. The molecule has 0 aliphatic rings. The van der Waals surface area contributed by atoms with Gasteiger partial charge < -0.3 is 4.74 Å². The van der Waals surface area contributed by atoms with Crippen LogP contribution in [0.2, 0.25) is 0 Å². The number of nitrogens with zero attached hydrogens (tertiary/aromatic N) is 1. The van der Waals surface area contributed by atoms with Crippen LogP contribution in [0.25, 0.3) is 4.85 Å². The fourth-order valence-corrected chi connectivity index (χ4v) is 0.805. The second-order valence-corrected chi connectivity index (χ2v) is 2.23. The molecule has 0 atom stereocenters. The van der Waals surface area contributed by atoms with E-state index in [2.05, 4.69) is 9.58 Å². The number of hydrogen-bond donors (Lipinski definition) is 0. The Hall–Kier alpha value is -1.53. The Labute approximate surface area is 74.3 Å². The summed E-state index contributed by atoms with van der Waals surface area (Å²) in [6.45, 7) is 6.72. The smallest absolute Gasteiger partial charge is 0.407 e. The Morgan fingerprint density at radius 2 is 2.17 bits per heavy atom. The highest BCUT2D eigenvalue weighted by molar-refractivity contribution is 6.61. The van der Waals surface area contributed by atoms with Gasteiger partial charge in [-0.3, -0.25) is 0 Å². The molecule has 0 radical (unpaired) electrons. The van der Waals surface area contributed by atoms with E-state index in [-0.39, 0.29) is 11.4 Å². The first-order valence-corrected chi connectivity index (χ1v) is 3.45. The van der Waals surface area contributed by atoms with Gasteiger partial charge in [-0.2, -0.15) is 0 Å². The number of hydrogen-bond acceptors (Lipinski definition) is 2. The number of benzene rings is 1. The molecule has 4 heteroatoms. The zero-order valence-electron chi connectivity index (χ0n) is 5.95. The maximum Gasteiger partial charge on any atom is 0.407 e. The van der Waals surface area contributed by atoms with E-state index >= 15 is 0 Å². The third-order valence-corrected chi connectivity index (χ3v) is 1.25. The molecular formula is C8H4ClNO2. The molecule has 1 rings (SSSR count).